The summed E-state index contributed by atoms with van der Waals surface area (Å²) >= 11 is 0. The number of fused-ring (bicyclic) bond motifs is 1. The average molecular weight is 215 g/mol. The lowest BCUT2D eigenvalue weighted by Gasteiger charge is -2.06. The van der Waals surface area contributed by atoms with E-state index in [-0.39, 0.29) is 11.5 Å². The van der Waals surface area contributed by atoms with E-state index in [2.05, 4.69) is 4.57 Å². The topological polar surface area (TPSA) is 42.2 Å². The van der Waals surface area contributed by atoms with Crippen LogP contribution >= 0.6 is 0 Å². The van der Waals surface area contributed by atoms with Crippen molar-refractivity contribution in [3.8, 4) is 5.75 Å². The molecule has 0 spiro atoms. The van der Waals surface area contributed by atoms with E-state index in [1.165, 1.54) is 0 Å². The molecule has 0 atom stereocenters. The fourth-order valence-electron chi connectivity index (χ4n) is 2.21. The molecule has 1 aromatic heterocycles. The number of phenolic OH excluding ortho intramolecular Hbond substituents is 1. The number of carbonyl (C=O) groups excluding carboxylic acids is 1. The van der Waals surface area contributed by atoms with E-state index < -0.39 is 0 Å². The number of carbonyl (C=O) groups is 1. The highest BCUT2D eigenvalue weighted by Gasteiger charge is 2.28. The molecular formula is C13H13NO2. The number of rotatable bonds is 2. The number of benzene rings is 1. The Labute approximate surface area is 93.3 Å². The summed E-state index contributed by atoms with van der Waals surface area (Å²) in [7, 11) is 0. The third kappa shape index (κ3) is 1.32. The van der Waals surface area contributed by atoms with Crippen LogP contribution in [0.5, 0.6) is 5.75 Å². The fraction of sp³-hybridized carbons (Fsp3) is 0.308. The molecule has 1 aromatic carbocycles. The molecule has 0 saturated heterocycles. The van der Waals surface area contributed by atoms with E-state index >= 15 is 0 Å². The van der Waals surface area contributed by atoms with Crippen LogP contribution < -0.4 is 0 Å². The molecular weight excluding hydrogens is 202 g/mol. The van der Waals surface area contributed by atoms with Crippen molar-refractivity contribution in [3.63, 3.8) is 0 Å². The minimum Gasteiger partial charge on any atom is -0.508 e. The van der Waals surface area contributed by atoms with Gasteiger partial charge in [0.2, 0.25) is 0 Å². The van der Waals surface area contributed by atoms with E-state index in [0.29, 0.717) is 6.04 Å². The van der Waals surface area contributed by atoms with Crippen molar-refractivity contribution in [2.45, 2.75) is 25.8 Å². The molecule has 0 amide bonds. The van der Waals surface area contributed by atoms with Crippen LogP contribution in [0.2, 0.25) is 0 Å². The van der Waals surface area contributed by atoms with Gasteiger partial charge in [-0.2, -0.15) is 0 Å². The van der Waals surface area contributed by atoms with Crippen molar-refractivity contribution in [1.82, 2.24) is 4.57 Å². The number of Topliss-reactive ketones (excluding diaryl/α,β-unsaturated/α-hetero) is 1. The number of aromatic hydroxyl groups is 1. The minimum absolute atomic E-state index is 0.0857. The molecule has 1 N–H and O–H groups in total. The molecule has 0 unspecified atom stereocenters. The monoisotopic (exact) mass is 215 g/mol. The summed E-state index contributed by atoms with van der Waals surface area (Å²) in [5.74, 6) is 0.338. The first kappa shape index (κ1) is 9.46. The molecule has 0 radical (unpaired) electrons. The number of ketones is 1. The molecule has 3 nitrogen and oxygen atoms in total. The average Bonchev–Trinajstić information content (AvgIpc) is 2.99. The molecule has 1 saturated carbocycles. The zero-order valence-electron chi connectivity index (χ0n) is 9.10. The van der Waals surface area contributed by atoms with Gasteiger partial charge in [0.25, 0.3) is 0 Å². The van der Waals surface area contributed by atoms with Gasteiger partial charge >= 0.3 is 0 Å². The summed E-state index contributed by atoms with van der Waals surface area (Å²) in [6.07, 6.45) is 2.25. The molecule has 1 fully saturated rings. The summed E-state index contributed by atoms with van der Waals surface area (Å²) in [4.78, 5) is 11.6. The maximum Gasteiger partial charge on any atom is 0.176 e. The van der Waals surface area contributed by atoms with Gasteiger partial charge in [-0.3, -0.25) is 4.79 Å². The molecule has 0 bridgehead atoms. The number of phenols is 1. The Kier molecular flexibility index (Phi) is 1.84. The Morgan fingerprint density at radius 2 is 2.12 bits per heavy atom. The van der Waals surface area contributed by atoms with Crippen LogP contribution in [-0.2, 0) is 0 Å². The molecule has 3 heteroatoms. The summed E-state index contributed by atoms with van der Waals surface area (Å²) in [6.45, 7) is 1.59. The van der Waals surface area contributed by atoms with Crippen LogP contribution in [0.4, 0.5) is 0 Å². The molecule has 16 heavy (non-hydrogen) atoms. The van der Waals surface area contributed by atoms with Gasteiger partial charge < -0.3 is 9.67 Å². The van der Waals surface area contributed by atoms with Crippen molar-refractivity contribution in [2.75, 3.05) is 0 Å². The molecule has 3 rings (SSSR count). The van der Waals surface area contributed by atoms with Gasteiger partial charge in [-0.25, -0.2) is 0 Å². The van der Waals surface area contributed by atoms with Crippen LogP contribution in [0.15, 0.2) is 24.3 Å². The number of hydrogen-bond acceptors (Lipinski definition) is 2. The third-order valence-electron chi connectivity index (χ3n) is 3.10. The van der Waals surface area contributed by atoms with E-state index in [9.17, 15) is 9.90 Å². The lowest BCUT2D eigenvalue weighted by molar-refractivity contribution is 0.100. The van der Waals surface area contributed by atoms with Crippen molar-refractivity contribution < 1.29 is 9.90 Å². The van der Waals surface area contributed by atoms with Gasteiger partial charge in [0.1, 0.15) is 5.75 Å². The first-order chi connectivity index (χ1) is 7.66. The van der Waals surface area contributed by atoms with E-state index in [4.69, 9.17) is 0 Å². The van der Waals surface area contributed by atoms with Crippen LogP contribution in [0, 0.1) is 0 Å². The van der Waals surface area contributed by atoms with Crippen LogP contribution in [0.25, 0.3) is 10.9 Å². The normalized spacial score (nSPS) is 15.6. The van der Waals surface area contributed by atoms with E-state index in [1.54, 1.807) is 19.1 Å². The van der Waals surface area contributed by atoms with Crippen molar-refractivity contribution in [1.29, 1.82) is 0 Å². The fourth-order valence-corrected chi connectivity index (χ4v) is 2.21. The van der Waals surface area contributed by atoms with Crippen LogP contribution in [0.3, 0.4) is 0 Å². The zero-order chi connectivity index (χ0) is 11.3. The first-order valence-electron chi connectivity index (χ1n) is 5.52. The second kappa shape index (κ2) is 3.11. The molecule has 82 valence electrons. The lowest BCUT2D eigenvalue weighted by atomic mass is 10.2. The molecule has 1 aliphatic carbocycles. The third-order valence-corrected chi connectivity index (χ3v) is 3.10. The van der Waals surface area contributed by atoms with Crippen molar-refractivity contribution in [2.24, 2.45) is 0 Å². The number of aromatic nitrogens is 1. The molecule has 1 aliphatic rings. The van der Waals surface area contributed by atoms with Crippen molar-refractivity contribution >= 4 is 16.7 Å². The quantitative estimate of drug-likeness (QED) is 0.782. The Morgan fingerprint density at radius 1 is 1.38 bits per heavy atom. The number of hydrogen-bond donors (Lipinski definition) is 1. The van der Waals surface area contributed by atoms with Crippen molar-refractivity contribution in [3.05, 3.63) is 30.0 Å². The molecule has 2 aromatic rings. The first-order valence-corrected chi connectivity index (χ1v) is 5.52. The lowest BCUT2D eigenvalue weighted by Crippen LogP contribution is -2.04. The van der Waals surface area contributed by atoms with Crippen LogP contribution in [0.1, 0.15) is 36.3 Å². The predicted molar refractivity (Wildman–Crippen MR) is 61.9 cm³/mol. The minimum atomic E-state index is 0.0857. The summed E-state index contributed by atoms with van der Waals surface area (Å²) in [6, 6.07) is 7.60. The van der Waals surface area contributed by atoms with Gasteiger partial charge in [0.15, 0.2) is 5.78 Å². The van der Waals surface area contributed by atoms with Gasteiger partial charge in [-0.05, 0) is 31.0 Å². The van der Waals surface area contributed by atoms with Gasteiger partial charge in [0.05, 0.1) is 11.2 Å². The molecule has 1 heterocycles. The van der Waals surface area contributed by atoms with E-state index in [0.717, 1.165) is 29.4 Å². The van der Waals surface area contributed by atoms with Gasteiger partial charge in [-0.15, -0.1) is 0 Å². The SMILES string of the molecule is CC(=O)c1cc2ccc(O)cc2n1C1CC1. The smallest absolute Gasteiger partial charge is 0.176 e. The standard InChI is InChI=1S/C13H13NO2/c1-8(15)12-6-9-2-5-11(16)7-13(9)14(12)10-3-4-10/h2,5-7,10,16H,3-4H2,1H3. The summed E-state index contributed by atoms with van der Waals surface area (Å²) < 4.78 is 2.07. The summed E-state index contributed by atoms with van der Waals surface area (Å²) in [5.41, 5.74) is 1.72. The molecule has 0 aliphatic heterocycles. The van der Waals surface area contributed by atoms with E-state index in [1.807, 2.05) is 12.1 Å². The maximum atomic E-state index is 11.6. The highest BCUT2D eigenvalue weighted by molar-refractivity contribution is 5.99. The Hall–Kier alpha value is -1.77. The highest BCUT2D eigenvalue weighted by atomic mass is 16.3. The summed E-state index contributed by atoms with van der Waals surface area (Å²) in [5, 5.41) is 10.5. The second-order valence-corrected chi connectivity index (χ2v) is 4.43. The highest BCUT2D eigenvalue weighted by Crippen LogP contribution is 2.40. The zero-order valence-corrected chi connectivity index (χ0v) is 9.10. The van der Waals surface area contributed by atoms with Gasteiger partial charge in [-0.1, -0.05) is 0 Å². The Morgan fingerprint density at radius 3 is 2.75 bits per heavy atom. The number of nitrogens with zero attached hydrogens (tertiary/aromatic N) is 1. The largest absolute Gasteiger partial charge is 0.508 e. The second-order valence-electron chi connectivity index (χ2n) is 4.43. The van der Waals surface area contributed by atoms with Gasteiger partial charge in [0, 0.05) is 24.4 Å². The van der Waals surface area contributed by atoms with Crippen LogP contribution in [-0.4, -0.2) is 15.5 Å². The predicted octanol–water partition coefficient (Wildman–Crippen LogP) is 2.88. The maximum absolute atomic E-state index is 11.6. The Bertz CT molecular complexity index is 579. The Balaban J connectivity index is 2.33.